The maximum Gasteiger partial charge on any atom is 0.410 e. The van der Waals surface area contributed by atoms with Gasteiger partial charge in [-0.25, -0.2) is 9.78 Å². The number of nitrogens with zero attached hydrogens (tertiary/aromatic N) is 4. The van der Waals surface area contributed by atoms with Gasteiger partial charge in [-0.15, -0.1) is 0 Å². The third kappa shape index (κ3) is 1.85. The predicted molar refractivity (Wildman–Crippen MR) is 77.7 cm³/mol. The molecule has 2 amide bonds. The van der Waals surface area contributed by atoms with Crippen molar-refractivity contribution in [2.24, 2.45) is 0 Å². The average Bonchev–Trinajstić information content (AvgIpc) is 3.08. The number of aryl methyl sites for hydroxylation is 1. The van der Waals surface area contributed by atoms with E-state index in [1.165, 1.54) is 0 Å². The summed E-state index contributed by atoms with van der Waals surface area (Å²) in [5, 5.41) is 0. The number of amides is 2. The molecule has 114 valence electrons. The molecule has 7 nitrogen and oxygen atoms in total. The first-order valence-corrected chi connectivity index (χ1v) is 7.31. The molecule has 0 spiro atoms. The molecule has 2 saturated heterocycles. The molecule has 4 rings (SSSR count). The standard InChI is InChI=1S/C15H16N4O3/c1-10-13(16-12-4-2-3-5-18(10)12)14(20)17-6-7-19-11(8-17)9-22-15(19)21/h2-5,11H,6-9H2,1H3. The molecule has 2 fully saturated rings. The number of ether oxygens (including phenoxy) is 1. The lowest BCUT2D eigenvalue weighted by molar-refractivity contribution is 0.0611. The van der Waals surface area contributed by atoms with Crippen molar-refractivity contribution >= 4 is 17.6 Å². The highest BCUT2D eigenvalue weighted by molar-refractivity contribution is 5.94. The molecule has 22 heavy (non-hydrogen) atoms. The highest BCUT2D eigenvalue weighted by Gasteiger charge is 2.39. The van der Waals surface area contributed by atoms with Crippen LogP contribution in [0.2, 0.25) is 0 Å². The van der Waals surface area contributed by atoms with Crippen molar-refractivity contribution in [1.82, 2.24) is 19.2 Å². The molecule has 2 aliphatic heterocycles. The van der Waals surface area contributed by atoms with Crippen LogP contribution in [0, 0.1) is 6.92 Å². The third-order valence-electron chi connectivity index (χ3n) is 4.38. The van der Waals surface area contributed by atoms with Gasteiger partial charge in [-0.2, -0.15) is 0 Å². The highest BCUT2D eigenvalue weighted by atomic mass is 16.6. The van der Waals surface area contributed by atoms with Crippen molar-refractivity contribution in [3.8, 4) is 0 Å². The summed E-state index contributed by atoms with van der Waals surface area (Å²) in [6, 6.07) is 5.65. The Morgan fingerprint density at radius 3 is 3.05 bits per heavy atom. The fourth-order valence-corrected chi connectivity index (χ4v) is 3.14. The number of carbonyl (C=O) groups excluding carboxylic acids is 2. The molecule has 0 radical (unpaired) electrons. The van der Waals surface area contributed by atoms with Crippen LogP contribution in [0.5, 0.6) is 0 Å². The predicted octanol–water partition coefficient (Wildman–Crippen LogP) is 0.919. The van der Waals surface area contributed by atoms with Crippen molar-refractivity contribution in [1.29, 1.82) is 0 Å². The number of pyridine rings is 1. The van der Waals surface area contributed by atoms with Crippen LogP contribution < -0.4 is 0 Å². The van der Waals surface area contributed by atoms with Gasteiger partial charge in [0, 0.05) is 25.8 Å². The average molecular weight is 300 g/mol. The van der Waals surface area contributed by atoms with Crippen molar-refractivity contribution in [3.63, 3.8) is 0 Å². The molecule has 2 aromatic heterocycles. The molecular weight excluding hydrogens is 284 g/mol. The molecular formula is C15H16N4O3. The van der Waals surface area contributed by atoms with Crippen molar-refractivity contribution in [2.75, 3.05) is 26.2 Å². The third-order valence-corrected chi connectivity index (χ3v) is 4.38. The summed E-state index contributed by atoms with van der Waals surface area (Å²) < 4.78 is 6.94. The van der Waals surface area contributed by atoms with Gasteiger partial charge < -0.3 is 14.0 Å². The van der Waals surface area contributed by atoms with Crippen LogP contribution >= 0.6 is 0 Å². The number of aromatic nitrogens is 2. The smallest absolute Gasteiger partial charge is 0.410 e. The van der Waals surface area contributed by atoms with Gasteiger partial charge in [0.15, 0.2) is 0 Å². The van der Waals surface area contributed by atoms with Gasteiger partial charge in [0.1, 0.15) is 17.9 Å². The van der Waals surface area contributed by atoms with Gasteiger partial charge in [0.25, 0.3) is 5.91 Å². The Bertz CT molecular complexity index is 769. The summed E-state index contributed by atoms with van der Waals surface area (Å²) >= 11 is 0. The molecule has 2 aromatic rings. The van der Waals surface area contributed by atoms with Gasteiger partial charge >= 0.3 is 6.09 Å². The number of carbonyl (C=O) groups is 2. The Hall–Kier alpha value is -2.57. The Morgan fingerprint density at radius 2 is 2.23 bits per heavy atom. The van der Waals surface area contributed by atoms with Crippen molar-refractivity contribution in [2.45, 2.75) is 13.0 Å². The van der Waals surface area contributed by atoms with Crippen LogP contribution in [0.25, 0.3) is 5.65 Å². The van der Waals surface area contributed by atoms with E-state index in [0.29, 0.717) is 31.9 Å². The summed E-state index contributed by atoms with van der Waals surface area (Å²) in [6.45, 7) is 3.77. The topological polar surface area (TPSA) is 67.2 Å². The van der Waals surface area contributed by atoms with E-state index in [0.717, 1.165) is 11.3 Å². The number of fused-ring (bicyclic) bond motifs is 2. The SMILES string of the molecule is Cc1c(C(=O)N2CCN3C(=O)OCC3C2)nc2ccccn12. The van der Waals surface area contributed by atoms with Gasteiger partial charge in [-0.1, -0.05) is 6.07 Å². The van der Waals surface area contributed by atoms with E-state index in [-0.39, 0.29) is 18.0 Å². The van der Waals surface area contributed by atoms with E-state index in [1.807, 2.05) is 35.7 Å². The number of hydrogen-bond acceptors (Lipinski definition) is 4. The van der Waals surface area contributed by atoms with Crippen molar-refractivity contribution in [3.05, 3.63) is 35.8 Å². The van der Waals surface area contributed by atoms with Gasteiger partial charge in [-0.3, -0.25) is 9.69 Å². The van der Waals surface area contributed by atoms with Gasteiger partial charge in [-0.05, 0) is 19.1 Å². The second-order valence-corrected chi connectivity index (χ2v) is 5.65. The van der Waals surface area contributed by atoms with Crippen LogP contribution in [0.3, 0.4) is 0 Å². The Balaban J connectivity index is 1.61. The number of rotatable bonds is 1. The number of imidazole rings is 1. The molecule has 0 N–H and O–H groups in total. The van der Waals surface area contributed by atoms with E-state index in [9.17, 15) is 9.59 Å². The Morgan fingerprint density at radius 1 is 1.36 bits per heavy atom. The molecule has 1 atom stereocenters. The fraction of sp³-hybridized carbons (Fsp3) is 0.400. The Labute approximate surface area is 127 Å². The number of cyclic esters (lactones) is 1. The molecule has 0 bridgehead atoms. The maximum absolute atomic E-state index is 12.8. The Kier molecular flexibility index (Phi) is 2.82. The van der Waals surface area contributed by atoms with Crippen molar-refractivity contribution < 1.29 is 14.3 Å². The van der Waals surface area contributed by atoms with E-state index < -0.39 is 0 Å². The normalized spacial score (nSPS) is 21.1. The number of piperazine rings is 1. The first-order valence-electron chi connectivity index (χ1n) is 7.31. The summed E-state index contributed by atoms with van der Waals surface area (Å²) in [7, 11) is 0. The van der Waals surface area contributed by atoms with Crippen LogP contribution in [0.1, 0.15) is 16.2 Å². The maximum atomic E-state index is 12.8. The van der Waals surface area contributed by atoms with Crippen LogP contribution in [0.4, 0.5) is 4.79 Å². The zero-order chi connectivity index (χ0) is 15.3. The van der Waals surface area contributed by atoms with Crippen LogP contribution in [-0.2, 0) is 4.74 Å². The quantitative estimate of drug-likeness (QED) is 0.785. The van der Waals surface area contributed by atoms with E-state index in [2.05, 4.69) is 4.98 Å². The minimum Gasteiger partial charge on any atom is -0.447 e. The highest BCUT2D eigenvalue weighted by Crippen LogP contribution is 2.20. The lowest BCUT2D eigenvalue weighted by atomic mass is 10.2. The van der Waals surface area contributed by atoms with Gasteiger partial charge in [0.05, 0.1) is 11.7 Å². The molecule has 1 unspecified atom stereocenters. The lowest BCUT2D eigenvalue weighted by Crippen LogP contribution is -2.53. The van der Waals surface area contributed by atoms with E-state index >= 15 is 0 Å². The van der Waals surface area contributed by atoms with Crippen LogP contribution in [0.15, 0.2) is 24.4 Å². The molecule has 0 saturated carbocycles. The summed E-state index contributed by atoms with van der Waals surface area (Å²) in [6.07, 6.45) is 1.62. The summed E-state index contributed by atoms with van der Waals surface area (Å²) in [4.78, 5) is 32.2. The summed E-state index contributed by atoms with van der Waals surface area (Å²) in [5.74, 6) is -0.0831. The second kappa shape index (κ2) is 4.72. The number of hydrogen-bond donors (Lipinski definition) is 0. The van der Waals surface area contributed by atoms with E-state index in [4.69, 9.17) is 4.74 Å². The lowest BCUT2D eigenvalue weighted by Gasteiger charge is -2.35. The first-order chi connectivity index (χ1) is 10.6. The first kappa shape index (κ1) is 13.1. The minimum absolute atomic E-state index is 0.0393. The molecule has 7 heteroatoms. The zero-order valence-electron chi connectivity index (χ0n) is 12.2. The second-order valence-electron chi connectivity index (χ2n) is 5.65. The molecule has 2 aliphatic rings. The molecule has 4 heterocycles. The monoisotopic (exact) mass is 300 g/mol. The molecule has 0 aromatic carbocycles. The zero-order valence-corrected chi connectivity index (χ0v) is 12.2. The molecule has 0 aliphatic carbocycles. The van der Waals surface area contributed by atoms with E-state index in [1.54, 1.807) is 9.80 Å². The minimum atomic E-state index is -0.277. The van der Waals surface area contributed by atoms with Gasteiger partial charge in [0.2, 0.25) is 0 Å². The largest absolute Gasteiger partial charge is 0.447 e. The fourth-order valence-electron chi connectivity index (χ4n) is 3.14. The van der Waals surface area contributed by atoms with Crippen LogP contribution in [-0.4, -0.2) is 63.5 Å². The summed E-state index contributed by atoms with van der Waals surface area (Å²) in [5.41, 5.74) is 2.08.